The fourth-order valence-electron chi connectivity index (χ4n) is 4.02. The first kappa shape index (κ1) is 26.2. The monoisotopic (exact) mass is 530 g/mol. The predicted molar refractivity (Wildman–Crippen MR) is 138 cm³/mol. The first-order valence-corrected chi connectivity index (χ1v) is 14.6. The average molecular weight is 531 g/mol. The van der Waals surface area contributed by atoms with E-state index in [1.807, 2.05) is 18.1 Å². The summed E-state index contributed by atoms with van der Waals surface area (Å²) in [5.41, 5.74) is 1.13. The van der Waals surface area contributed by atoms with E-state index in [9.17, 15) is 13.2 Å². The molecule has 0 aliphatic carbocycles. The molecule has 1 aliphatic heterocycles. The van der Waals surface area contributed by atoms with Crippen molar-refractivity contribution in [3.8, 4) is 17.1 Å². The van der Waals surface area contributed by atoms with Crippen LogP contribution in [-0.2, 0) is 16.6 Å². The van der Waals surface area contributed by atoms with Crippen LogP contribution in [0.3, 0.4) is 0 Å². The summed E-state index contributed by atoms with van der Waals surface area (Å²) in [6, 6.07) is 11.9. The van der Waals surface area contributed by atoms with Gasteiger partial charge in [-0.2, -0.15) is 4.98 Å². The highest BCUT2D eigenvalue weighted by Crippen LogP contribution is 2.26. The van der Waals surface area contributed by atoms with Gasteiger partial charge < -0.3 is 14.2 Å². The lowest BCUT2D eigenvalue weighted by atomic mass is 10.2. The molecule has 0 bridgehead atoms. The maximum atomic E-state index is 13.2. The zero-order chi connectivity index (χ0) is 25.5. The van der Waals surface area contributed by atoms with E-state index in [0.29, 0.717) is 31.1 Å². The predicted octanol–water partition coefficient (Wildman–Crippen LogP) is 4.35. The Morgan fingerprint density at radius 3 is 2.50 bits per heavy atom. The first-order chi connectivity index (χ1) is 17.4. The highest BCUT2D eigenvalue weighted by Gasteiger charge is 2.24. The van der Waals surface area contributed by atoms with Crippen molar-refractivity contribution in [3.05, 3.63) is 53.9 Å². The standard InChI is InChI=1S/C25H30N4O5S2/c1-3-33-19-10-8-18(9-11-19)24-27-23(34-28-24)17-26-36(31,32)20-12-13-22(35-2)21(16-20)25(30)29-14-6-4-5-7-15-29/h8-13,16,26H,3-7,14-15,17H2,1-2H3. The number of carbonyl (C=O) groups is 1. The molecule has 3 aromatic rings. The number of amides is 1. The van der Waals surface area contributed by atoms with Crippen molar-refractivity contribution >= 4 is 27.7 Å². The molecule has 4 rings (SSSR count). The first-order valence-electron chi connectivity index (χ1n) is 11.9. The summed E-state index contributed by atoms with van der Waals surface area (Å²) >= 11 is 1.42. The van der Waals surface area contributed by atoms with Gasteiger partial charge in [0.2, 0.25) is 21.7 Å². The maximum absolute atomic E-state index is 13.2. The molecule has 0 spiro atoms. The Kier molecular flexibility index (Phi) is 8.65. The molecule has 1 N–H and O–H groups in total. The van der Waals surface area contributed by atoms with Gasteiger partial charge in [-0.3, -0.25) is 4.79 Å². The Labute approximate surface area is 215 Å². The quantitative estimate of drug-likeness (QED) is 0.406. The number of hydrogen-bond acceptors (Lipinski definition) is 8. The fraction of sp³-hybridized carbons (Fsp3) is 0.400. The van der Waals surface area contributed by atoms with Crippen molar-refractivity contribution in [2.75, 3.05) is 26.0 Å². The van der Waals surface area contributed by atoms with Gasteiger partial charge in [-0.25, -0.2) is 13.1 Å². The lowest BCUT2D eigenvalue weighted by molar-refractivity contribution is 0.0758. The molecule has 1 amide bonds. The number of ether oxygens (including phenoxy) is 1. The summed E-state index contributed by atoms with van der Waals surface area (Å²) in [5.74, 6) is 1.08. The number of thioether (sulfide) groups is 1. The average Bonchev–Trinajstić information content (AvgIpc) is 3.20. The summed E-state index contributed by atoms with van der Waals surface area (Å²) in [6.45, 7) is 3.68. The number of hydrogen-bond donors (Lipinski definition) is 1. The normalized spacial score (nSPS) is 14.4. The van der Waals surface area contributed by atoms with E-state index in [2.05, 4.69) is 14.9 Å². The topological polar surface area (TPSA) is 115 Å². The molecule has 0 saturated carbocycles. The maximum Gasteiger partial charge on any atom is 0.255 e. The Hall–Kier alpha value is -2.89. The fourth-order valence-corrected chi connectivity index (χ4v) is 5.59. The SMILES string of the molecule is CCOc1ccc(-c2noc(CNS(=O)(=O)c3ccc(SC)c(C(=O)N4CCCCCC4)c3)n2)cc1. The van der Waals surface area contributed by atoms with Crippen LogP contribution in [-0.4, -0.2) is 55.3 Å². The van der Waals surface area contributed by atoms with Crippen LogP contribution < -0.4 is 9.46 Å². The summed E-state index contributed by atoms with van der Waals surface area (Å²) in [6.07, 6.45) is 6.00. The van der Waals surface area contributed by atoms with Crippen LogP contribution in [0.4, 0.5) is 0 Å². The Morgan fingerprint density at radius 1 is 1.11 bits per heavy atom. The highest BCUT2D eigenvalue weighted by molar-refractivity contribution is 7.98. The zero-order valence-electron chi connectivity index (χ0n) is 20.4. The number of aromatic nitrogens is 2. The Bertz CT molecular complexity index is 1280. The van der Waals surface area contributed by atoms with Crippen LogP contribution in [0.15, 0.2) is 56.8 Å². The molecule has 1 saturated heterocycles. The number of likely N-dealkylation sites (tertiary alicyclic amines) is 1. The number of rotatable bonds is 9. The van der Waals surface area contributed by atoms with Crippen molar-refractivity contribution in [2.45, 2.75) is 48.9 Å². The van der Waals surface area contributed by atoms with Crippen molar-refractivity contribution in [1.82, 2.24) is 19.8 Å². The number of nitrogens with one attached hydrogen (secondary N) is 1. The minimum atomic E-state index is -3.92. The molecule has 1 aromatic heterocycles. The smallest absolute Gasteiger partial charge is 0.255 e. The van der Waals surface area contributed by atoms with Crippen molar-refractivity contribution in [1.29, 1.82) is 0 Å². The molecule has 9 nitrogen and oxygen atoms in total. The third kappa shape index (κ3) is 6.26. The molecule has 2 heterocycles. The lowest BCUT2D eigenvalue weighted by Crippen LogP contribution is -2.32. The molecule has 36 heavy (non-hydrogen) atoms. The summed E-state index contributed by atoms with van der Waals surface area (Å²) < 4.78 is 39.2. The second-order valence-electron chi connectivity index (χ2n) is 8.36. The molecule has 0 unspecified atom stereocenters. The molecule has 2 aromatic carbocycles. The van der Waals surface area contributed by atoms with Gasteiger partial charge in [-0.05, 0) is 68.5 Å². The Balaban J connectivity index is 1.47. The van der Waals surface area contributed by atoms with E-state index in [0.717, 1.165) is 41.9 Å². The van der Waals surface area contributed by atoms with Gasteiger partial charge in [0.25, 0.3) is 5.91 Å². The third-order valence-corrected chi connectivity index (χ3v) is 8.10. The van der Waals surface area contributed by atoms with Gasteiger partial charge in [0.05, 0.1) is 23.6 Å². The minimum Gasteiger partial charge on any atom is -0.494 e. The zero-order valence-corrected chi connectivity index (χ0v) is 22.0. The van der Waals surface area contributed by atoms with Crippen LogP contribution >= 0.6 is 11.8 Å². The van der Waals surface area contributed by atoms with Crippen molar-refractivity contribution in [3.63, 3.8) is 0 Å². The summed E-state index contributed by atoms with van der Waals surface area (Å²) in [4.78, 5) is 20.1. The second kappa shape index (κ2) is 11.9. The highest BCUT2D eigenvalue weighted by atomic mass is 32.2. The van der Waals surface area contributed by atoms with Gasteiger partial charge >= 0.3 is 0 Å². The molecular formula is C25H30N4O5S2. The largest absolute Gasteiger partial charge is 0.494 e. The van der Waals surface area contributed by atoms with Crippen molar-refractivity contribution in [2.24, 2.45) is 0 Å². The van der Waals surface area contributed by atoms with E-state index < -0.39 is 10.0 Å². The van der Waals surface area contributed by atoms with Gasteiger partial charge in [-0.1, -0.05) is 18.0 Å². The van der Waals surface area contributed by atoms with Gasteiger partial charge in [-0.15, -0.1) is 11.8 Å². The summed E-state index contributed by atoms with van der Waals surface area (Å²) in [7, 11) is -3.92. The van der Waals surface area contributed by atoms with Crippen LogP contribution in [0, 0.1) is 0 Å². The molecule has 192 valence electrons. The molecule has 1 aliphatic rings. The van der Waals surface area contributed by atoms with Crippen LogP contribution in [0.2, 0.25) is 0 Å². The molecule has 0 radical (unpaired) electrons. The van der Waals surface area contributed by atoms with E-state index >= 15 is 0 Å². The molecule has 1 fully saturated rings. The van der Waals surface area contributed by atoms with Crippen LogP contribution in [0.1, 0.15) is 48.9 Å². The molecular weight excluding hydrogens is 500 g/mol. The van der Waals surface area contributed by atoms with E-state index in [1.54, 1.807) is 30.3 Å². The van der Waals surface area contributed by atoms with Crippen molar-refractivity contribution < 1.29 is 22.5 Å². The third-order valence-electron chi connectivity index (χ3n) is 5.91. The number of carbonyl (C=O) groups excluding carboxylic acids is 1. The van der Waals surface area contributed by atoms with Gasteiger partial charge in [0.1, 0.15) is 5.75 Å². The molecule has 0 atom stereocenters. The molecule has 11 heteroatoms. The van der Waals surface area contributed by atoms with Gasteiger partial charge in [0.15, 0.2) is 0 Å². The second-order valence-corrected chi connectivity index (χ2v) is 11.0. The van der Waals surface area contributed by atoms with E-state index in [1.165, 1.54) is 23.9 Å². The number of sulfonamides is 1. The van der Waals surface area contributed by atoms with E-state index in [4.69, 9.17) is 9.26 Å². The Morgan fingerprint density at radius 2 is 1.83 bits per heavy atom. The number of benzene rings is 2. The number of nitrogens with zero attached hydrogens (tertiary/aromatic N) is 3. The minimum absolute atomic E-state index is 0.0183. The summed E-state index contributed by atoms with van der Waals surface area (Å²) in [5, 5.41) is 3.94. The van der Waals surface area contributed by atoms with Crippen LogP contribution in [0.25, 0.3) is 11.4 Å². The van der Waals surface area contributed by atoms with Gasteiger partial charge in [0, 0.05) is 23.5 Å². The van der Waals surface area contributed by atoms with Crippen LogP contribution in [0.5, 0.6) is 5.75 Å². The lowest BCUT2D eigenvalue weighted by Gasteiger charge is -2.22. The van der Waals surface area contributed by atoms with E-state index in [-0.39, 0.29) is 23.2 Å².